The molecule has 28 heavy (non-hydrogen) atoms. The van der Waals surface area contributed by atoms with Crippen LogP contribution in [0.25, 0.3) is 0 Å². The van der Waals surface area contributed by atoms with Gasteiger partial charge in [0.15, 0.2) is 8.32 Å². The van der Waals surface area contributed by atoms with Crippen molar-refractivity contribution in [2.24, 2.45) is 11.7 Å². The lowest BCUT2D eigenvalue weighted by Crippen LogP contribution is -2.47. The van der Waals surface area contributed by atoms with Crippen LogP contribution in [0.5, 0.6) is 0 Å². The van der Waals surface area contributed by atoms with E-state index in [0.717, 1.165) is 18.5 Å². The van der Waals surface area contributed by atoms with E-state index >= 15 is 0 Å². The predicted molar refractivity (Wildman–Crippen MR) is 113 cm³/mol. The molecule has 1 amide bonds. The number of aryl methyl sites for hydroxylation is 1. The maximum atomic E-state index is 13.5. The van der Waals surface area contributed by atoms with Gasteiger partial charge in [0.05, 0.1) is 11.7 Å². The molecular formula is C20H36N4O3Si. The number of carbonyl (C=O) groups excluding carboxylic acids is 1. The maximum Gasteiger partial charge on any atom is 0.234 e. The molecule has 1 aromatic heterocycles. The maximum absolute atomic E-state index is 13.5. The molecule has 1 aliphatic heterocycles. The van der Waals surface area contributed by atoms with Gasteiger partial charge < -0.3 is 19.6 Å². The Labute approximate surface area is 169 Å². The molecule has 0 radical (unpaired) electrons. The van der Waals surface area contributed by atoms with Gasteiger partial charge in [0.1, 0.15) is 17.5 Å². The van der Waals surface area contributed by atoms with Gasteiger partial charge in [-0.2, -0.15) is 0 Å². The van der Waals surface area contributed by atoms with Gasteiger partial charge in [0.25, 0.3) is 0 Å². The zero-order valence-corrected chi connectivity index (χ0v) is 19.3. The second-order valence-electron chi connectivity index (χ2n) is 9.54. The number of amides is 1. The summed E-state index contributed by atoms with van der Waals surface area (Å²) in [5, 5.41) is 11.9. The molecule has 0 saturated carbocycles. The van der Waals surface area contributed by atoms with Gasteiger partial charge >= 0.3 is 0 Å². The average Bonchev–Trinajstić information content (AvgIpc) is 3.21. The molecule has 0 aromatic carbocycles. The molecule has 0 aliphatic carbocycles. The Morgan fingerprint density at radius 2 is 2.14 bits per heavy atom. The Balaban J connectivity index is 2.25. The zero-order valence-electron chi connectivity index (χ0n) is 18.3. The Morgan fingerprint density at radius 3 is 2.64 bits per heavy atom. The van der Waals surface area contributed by atoms with Gasteiger partial charge in [-0.25, -0.2) is 0 Å². The van der Waals surface area contributed by atoms with E-state index in [1.165, 1.54) is 0 Å². The zero-order chi connectivity index (χ0) is 21.3. The number of hydrogen-bond donors (Lipinski definition) is 2. The molecule has 0 bridgehead atoms. The minimum atomic E-state index is -1.93. The van der Waals surface area contributed by atoms with Crippen LogP contribution in [0.2, 0.25) is 18.1 Å². The summed E-state index contributed by atoms with van der Waals surface area (Å²) >= 11 is 0. The van der Waals surface area contributed by atoms with E-state index in [9.17, 15) is 4.79 Å². The lowest BCUT2D eigenvalue weighted by atomic mass is 9.90. The number of likely N-dealkylation sites (tertiary alicyclic amines) is 1. The van der Waals surface area contributed by atoms with E-state index in [1.54, 1.807) is 4.90 Å². The molecule has 1 fully saturated rings. The lowest BCUT2D eigenvalue weighted by Gasteiger charge is -2.38. The minimum absolute atomic E-state index is 0.0449. The van der Waals surface area contributed by atoms with Crippen molar-refractivity contribution in [3.63, 3.8) is 0 Å². The number of aromatic nitrogens is 1. The molecule has 1 saturated heterocycles. The van der Waals surface area contributed by atoms with Crippen molar-refractivity contribution in [3.05, 3.63) is 17.5 Å². The lowest BCUT2D eigenvalue weighted by molar-refractivity contribution is -0.134. The molecule has 0 spiro atoms. The summed E-state index contributed by atoms with van der Waals surface area (Å²) < 4.78 is 11.9. The van der Waals surface area contributed by atoms with Crippen molar-refractivity contribution in [2.45, 2.75) is 77.6 Å². The summed E-state index contributed by atoms with van der Waals surface area (Å²) in [4.78, 5) is 15.2. The number of amidine groups is 1. The van der Waals surface area contributed by atoms with Crippen LogP contribution >= 0.6 is 0 Å². The van der Waals surface area contributed by atoms with Crippen molar-refractivity contribution in [2.75, 3.05) is 13.2 Å². The molecule has 2 heterocycles. The van der Waals surface area contributed by atoms with Crippen LogP contribution in [0.3, 0.4) is 0 Å². The monoisotopic (exact) mass is 408 g/mol. The summed E-state index contributed by atoms with van der Waals surface area (Å²) in [6.07, 6.45) is 1.59. The van der Waals surface area contributed by atoms with Crippen LogP contribution in [-0.4, -0.2) is 49.3 Å². The highest BCUT2D eigenvalue weighted by molar-refractivity contribution is 6.74. The third-order valence-electron chi connectivity index (χ3n) is 6.20. The van der Waals surface area contributed by atoms with E-state index in [2.05, 4.69) is 39.0 Å². The van der Waals surface area contributed by atoms with Crippen molar-refractivity contribution < 1.29 is 13.7 Å². The largest absolute Gasteiger partial charge is 0.417 e. The van der Waals surface area contributed by atoms with E-state index in [-0.39, 0.29) is 28.7 Å². The first-order chi connectivity index (χ1) is 12.8. The number of carbonyl (C=O) groups is 1. The third kappa shape index (κ3) is 4.83. The third-order valence-corrected chi connectivity index (χ3v) is 10.7. The number of nitrogens with one attached hydrogen (secondary N) is 1. The second kappa shape index (κ2) is 8.37. The quantitative estimate of drug-likeness (QED) is 0.407. The van der Waals surface area contributed by atoms with Gasteiger partial charge in [-0.3, -0.25) is 10.2 Å². The van der Waals surface area contributed by atoms with Crippen molar-refractivity contribution in [3.8, 4) is 0 Å². The normalized spacial score (nSPS) is 20.2. The molecular weight excluding hydrogens is 372 g/mol. The van der Waals surface area contributed by atoms with Crippen LogP contribution in [0.4, 0.5) is 0 Å². The van der Waals surface area contributed by atoms with E-state index in [4.69, 9.17) is 20.1 Å². The summed E-state index contributed by atoms with van der Waals surface area (Å²) in [6, 6.07) is 1.50. The molecule has 7 nitrogen and oxygen atoms in total. The Kier molecular flexibility index (Phi) is 6.76. The van der Waals surface area contributed by atoms with Gasteiger partial charge in [0.2, 0.25) is 5.91 Å². The average molecular weight is 409 g/mol. The Bertz CT molecular complexity index is 711. The van der Waals surface area contributed by atoms with Crippen LogP contribution in [0.1, 0.15) is 57.9 Å². The predicted octanol–water partition coefficient (Wildman–Crippen LogP) is 3.65. The van der Waals surface area contributed by atoms with E-state index in [0.29, 0.717) is 18.9 Å². The minimum Gasteiger partial charge on any atom is -0.417 e. The first-order valence-corrected chi connectivity index (χ1v) is 13.0. The molecule has 1 aromatic rings. The molecule has 8 heteroatoms. The molecule has 1 aliphatic rings. The summed E-state index contributed by atoms with van der Waals surface area (Å²) in [5.74, 6) is -0.0279. The van der Waals surface area contributed by atoms with Crippen molar-refractivity contribution in [1.29, 1.82) is 5.41 Å². The van der Waals surface area contributed by atoms with E-state index < -0.39 is 14.2 Å². The van der Waals surface area contributed by atoms with Gasteiger partial charge in [-0.15, -0.1) is 0 Å². The van der Waals surface area contributed by atoms with Crippen LogP contribution in [0.15, 0.2) is 10.6 Å². The molecule has 158 valence electrons. The fourth-order valence-corrected chi connectivity index (χ4v) is 4.47. The first kappa shape index (κ1) is 22.6. The second-order valence-corrected chi connectivity index (χ2v) is 14.4. The molecule has 2 unspecified atom stereocenters. The number of nitrogens with two attached hydrogens (primary N) is 1. The number of nitrogens with zero attached hydrogens (tertiary/aromatic N) is 2. The summed E-state index contributed by atoms with van der Waals surface area (Å²) in [5.41, 5.74) is 6.49. The van der Waals surface area contributed by atoms with Gasteiger partial charge in [-0.05, 0) is 43.8 Å². The summed E-state index contributed by atoms with van der Waals surface area (Å²) in [6.45, 7) is 16.0. The van der Waals surface area contributed by atoms with Gasteiger partial charge in [0, 0.05) is 19.2 Å². The fourth-order valence-electron chi connectivity index (χ4n) is 3.36. The van der Waals surface area contributed by atoms with Crippen molar-refractivity contribution in [1.82, 2.24) is 10.1 Å². The highest BCUT2D eigenvalue weighted by atomic mass is 28.4. The molecule has 3 N–H and O–H groups in total. The first-order valence-electron chi connectivity index (χ1n) is 10.1. The SMILES string of the molecule is Cc1cc([C@@H](C(=O)N2CCCC2C(=N)N)C(C)CO[Si](C)(C)C(C)(C)C)on1. The van der Waals surface area contributed by atoms with Crippen molar-refractivity contribution >= 4 is 20.1 Å². The highest BCUT2D eigenvalue weighted by Gasteiger charge is 2.42. The van der Waals surface area contributed by atoms with Crippen LogP contribution in [0, 0.1) is 18.3 Å². The molecule has 3 atom stereocenters. The van der Waals surface area contributed by atoms with E-state index in [1.807, 2.05) is 19.9 Å². The number of hydrogen-bond acceptors (Lipinski definition) is 5. The fraction of sp³-hybridized carbons (Fsp3) is 0.750. The van der Waals surface area contributed by atoms with Crippen LogP contribution in [-0.2, 0) is 9.22 Å². The van der Waals surface area contributed by atoms with Gasteiger partial charge in [-0.1, -0.05) is 32.9 Å². The Morgan fingerprint density at radius 1 is 1.50 bits per heavy atom. The highest BCUT2D eigenvalue weighted by Crippen LogP contribution is 2.38. The topological polar surface area (TPSA) is 105 Å². The number of rotatable bonds is 7. The standard InChI is InChI=1S/C20H36N4O3Si/c1-13(12-26-28(6,7)20(3,4)5)17(16-11-14(2)23-27-16)19(25)24-10-8-9-15(24)18(21)22/h11,13,15,17H,8-10,12H2,1-7H3,(H3,21,22)/t13?,15?,17-/m0/s1. The Hall–Kier alpha value is -1.67. The summed E-state index contributed by atoms with van der Waals surface area (Å²) in [7, 11) is -1.93. The smallest absolute Gasteiger partial charge is 0.234 e. The van der Waals surface area contributed by atoms with Crippen LogP contribution < -0.4 is 5.73 Å². The molecule has 2 rings (SSSR count).